The lowest BCUT2D eigenvalue weighted by Crippen LogP contribution is -2.22. The predicted octanol–water partition coefficient (Wildman–Crippen LogP) is 2.51. The second-order valence-corrected chi connectivity index (χ2v) is 3.49. The lowest BCUT2D eigenvalue weighted by atomic mass is 10.1. The summed E-state index contributed by atoms with van der Waals surface area (Å²) in [6.45, 7) is 0. The third-order valence-electron chi connectivity index (χ3n) is 1.71. The van der Waals surface area contributed by atoms with Crippen molar-refractivity contribution in [1.82, 2.24) is 5.32 Å². The normalized spacial score (nSPS) is 12.3. The van der Waals surface area contributed by atoms with Gasteiger partial charge in [-0.1, -0.05) is 17.7 Å². The van der Waals surface area contributed by atoms with Crippen molar-refractivity contribution in [3.8, 4) is 0 Å². The quantitative estimate of drug-likeness (QED) is 0.785. The van der Waals surface area contributed by atoms with Crippen LogP contribution in [0.1, 0.15) is 10.9 Å². The van der Waals surface area contributed by atoms with Crippen molar-refractivity contribution in [2.45, 2.75) is 5.38 Å². The summed E-state index contributed by atoms with van der Waals surface area (Å²) in [5.41, 5.74) is 0.397. The Balaban J connectivity index is 3.01. The second-order valence-electron chi connectivity index (χ2n) is 2.64. The molecule has 0 radical (unpaired) electrons. The Morgan fingerprint density at radius 3 is 2.71 bits per heavy atom. The summed E-state index contributed by atoms with van der Waals surface area (Å²) in [7, 11) is 1.47. The average molecular weight is 236 g/mol. The van der Waals surface area contributed by atoms with Gasteiger partial charge in [0.1, 0.15) is 11.2 Å². The van der Waals surface area contributed by atoms with Crippen LogP contribution in [0.25, 0.3) is 0 Å². The molecule has 0 spiro atoms. The summed E-state index contributed by atoms with van der Waals surface area (Å²) < 4.78 is 12.7. The van der Waals surface area contributed by atoms with Crippen molar-refractivity contribution in [3.05, 3.63) is 34.6 Å². The highest BCUT2D eigenvalue weighted by molar-refractivity contribution is 6.35. The monoisotopic (exact) mass is 235 g/mol. The highest BCUT2D eigenvalue weighted by Gasteiger charge is 2.18. The zero-order chi connectivity index (χ0) is 10.7. The number of nitrogens with one attached hydrogen (secondary N) is 1. The lowest BCUT2D eigenvalue weighted by molar-refractivity contribution is -0.120. The standard InChI is InChI=1S/C9H8Cl2FNO/c1-13-9(14)8(11)6-3-2-5(12)4-7(6)10/h2-4,8H,1H3,(H,13,14). The van der Waals surface area contributed by atoms with Gasteiger partial charge in [0.15, 0.2) is 0 Å². The molecule has 0 aliphatic carbocycles. The van der Waals surface area contributed by atoms with Gasteiger partial charge in [-0.05, 0) is 17.7 Å². The number of alkyl halides is 1. The molecule has 2 nitrogen and oxygen atoms in total. The Bertz CT molecular complexity index is 357. The molecule has 0 fully saturated rings. The fourth-order valence-corrected chi connectivity index (χ4v) is 1.61. The maximum Gasteiger partial charge on any atom is 0.242 e. The second kappa shape index (κ2) is 4.62. The molecule has 1 aromatic carbocycles. The maximum absolute atomic E-state index is 12.7. The van der Waals surface area contributed by atoms with Crippen molar-refractivity contribution in [3.63, 3.8) is 0 Å². The minimum absolute atomic E-state index is 0.147. The summed E-state index contributed by atoms with van der Waals surface area (Å²) >= 11 is 11.5. The molecule has 0 aliphatic rings. The lowest BCUT2D eigenvalue weighted by Gasteiger charge is -2.09. The van der Waals surface area contributed by atoms with Crippen LogP contribution < -0.4 is 5.32 Å². The molecule has 0 heterocycles. The van der Waals surface area contributed by atoms with E-state index in [9.17, 15) is 9.18 Å². The van der Waals surface area contributed by atoms with E-state index in [1.165, 1.54) is 19.2 Å². The van der Waals surface area contributed by atoms with Crippen LogP contribution in [-0.2, 0) is 4.79 Å². The number of hydrogen-bond acceptors (Lipinski definition) is 1. The molecular formula is C9H8Cl2FNO. The van der Waals surface area contributed by atoms with Gasteiger partial charge in [0.2, 0.25) is 5.91 Å². The summed E-state index contributed by atoms with van der Waals surface area (Å²) in [5, 5.41) is 1.63. The first-order valence-corrected chi connectivity index (χ1v) is 4.68. The number of carbonyl (C=O) groups excluding carboxylic acids is 1. The van der Waals surface area contributed by atoms with E-state index in [2.05, 4.69) is 5.32 Å². The molecule has 0 bridgehead atoms. The van der Waals surface area contributed by atoms with Gasteiger partial charge in [-0.15, -0.1) is 11.6 Å². The minimum atomic E-state index is -0.895. The number of halogens is 3. The van der Waals surface area contributed by atoms with Crippen LogP contribution in [0.15, 0.2) is 18.2 Å². The van der Waals surface area contributed by atoms with Gasteiger partial charge in [0.05, 0.1) is 0 Å². The Labute approximate surface area is 91.0 Å². The third-order valence-corrected chi connectivity index (χ3v) is 2.47. The van der Waals surface area contributed by atoms with Gasteiger partial charge >= 0.3 is 0 Å². The first kappa shape index (κ1) is 11.3. The van der Waals surface area contributed by atoms with Gasteiger partial charge in [0, 0.05) is 12.1 Å². The van der Waals surface area contributed by atoms with Crippen LogP contribution in [0, 0.1) is 5.82 Å². The zero-order valence-electron chi connectivity index (χ0n) is 7.35. The molecule has 1 amide bonds. The minimum Gasteiger partial charge on any atom is -0.358 e. The van der Waals surface area contributed by atoms with Crippen molar-refractivity contribution in [2.24, 2.45) is 0 Å². The predicted molar refractivity (Wildman–Crippen MR) is 54.1 cm³/mol. The molecule has 1 aromatic rings. The number of rotatable bonds is 2. The van der Waals surface area contributed by atoms with Crippen LogP contribution >= 0.6 is 23.2 Å². The van der Waals surface area contributed by atoms with E-state index < -0.39 is 11.2 Å². The van der Waals surface area contributed by atoms with E-state index in [0.717, 1.165) is 6.07 Å². The van der Waals surface area contributed by atoms with Crippen LogP contribution in [0.4, 0.5) is 4.39 Å². The van der Waals surface area contributed by atoms with E-state index in [1.54, 1.807) is 0 Å². The summed E-state index contributed by atoms with van der Waals surface area (Å²) in [4.78, 5) is 11.2. The molecule has 0 saturated carbocycles. The van der Waals surface area contributed by atoms with Gasteiger partial charge < -0.3 is 5.32 Å². The Kier molecular flexibility index (Phi) is 3.72. The number of carbonyl (C=O) groups is 1. The fraction of sp³-hybridized carbons (Fsp3) is 0.222. The molecule has 76 valence electrons. The van der Waals surface area contributed by atoms with Crippen LogP contribution in [0.3, 0.4) is 0 Å². The highest BCUT2D eigenvalue weighted by atomic mass is 35.5. The van der Waals surface area contributed by atoms with E-state index in [0.29, 0.717) is 5.56 Å². The smallest absolute Gasteiger partial charge is 0.242 e. The highest BCUT2D eigenvalue weighted by Crippen LogP contribution is 2.28. The topological polar surface area (TPSA) is 29.1 Å². The van der Waals surface area contributed by atoms with Gasteiger partial charge in [0.25, 0.3) is 0 Å². The van der Waals surface area contributed by atoms with E-state index in [4.69, 9.17) is 23.2 Å². The summed E-state index contributed by atoms with van der Waals surface area (Å²) in [6, 6.07) is 3.72. The molecule has 1 rings (SSSR count). The Morgan fingerprint density at radius 1 is 1.57 bits per heavy atom. The molecule has 0 aliphatic heterocycles. The average Bonchev–Trinajstić information content (AvgIpc) is 2.15. The first-order chi connectivity index (χ1) is 6.56. The van der Waals surface area contributed by atoms with Crippen LogP contribution in [0.2, 0.25) is 5.02 Å². The van der Waals surface area contributed by atoms with E-state index in [-0.39, 0.29) is 10.9 Å². The zero-order valence-corrected chi connectivity index (χ0v) is 8.86. The third kappa shape index (κ3) is 2.36. The first-order valence-electron chi connectivity index (χ1n) is 3.87. The Morgan fingerprint density at radius 2 is 2.21 bits per heavy atom. The van der Waals surface area contributed by atoms with E-state index in [1.807, 2.05) is 0 Å². The summed E-state index contributed by atoms with van der Waals surface area (Å²) in [5.74, 6) is -0.834. The maximum atomic E-state index is 12.7. The molecule has 0 aromatic heterocycles. The fourth-order valence-electron chi connectivity index (χ4n) is 0.975. The van der Waals surface area contributed by atoms with Crippen molar-refractivity contribution < 1.29 is 9.18 Å². The molecule has 14 heavy (non-hydrogen) atoms. The SMILES string of the molecule is CNC(=O)C(Cl)c1ccc(F)cc1Cl. The molecule has 1 unspecified atom stereocenters. The molecule has 0 saturated heterocycles. The largest absolute Gasteiger partial charge is 0.358 e. The van der Waals surface area contributed by atoms with Crippen LogP contribution in [-0.4, -0.2) is 13.0 Å². The summed E-state index contributed by atoms with van der Waals surface area (Å²) in [6.07, 6.45) is 0. The van der Waals surface area contributed by atoms with E-state index >= 15 is 0 Å². The van der Waals surface area contributed by atoms with Crippen molar-refractivity contribution >= 4 is 29.1 Å². The molecule has 5 heteroatoms. The van der Waals surface area contributed by atoms with Crippen LogP contribution in [0.5, 0.6) is 0 Å². The van der Waals surface area contributed by atoms with Gasteiger partial charge in [-0.2, -0.15) is 0 Å². The molecular weight excluding hydrogens is 228 g/mol. The molecule has 1 atom stereocenters. The van der Waals surface area contributed by atoms with Crippen molar-refractivity contribution in [2.75, 3.05) is 7.05 Å². The number of amides is 1. The Hall–Kier alpha value is -0.800. The number of benzene rings is 1. The number of hydrogen-bond donors (Lipinski definition) is 1. The molecule has 1 N–H and O–H groups in total. The number of likely N-dealkylation sites (N-methyl/N-ethyl adjacent to an activating group) is 1. The van der Waals surface area contributed by atoms with Gasteiger partial charge in [-0.3, -0.25) is 4.79 Å². The van der Waals surface area contributed by atoms with Gasteiger partial charge in [-0.25, -0.2) is 4.39 Å². The van der Waals surface area contributed by atoms with Crippen molar-refractivity contribution in [1.29, 1.82) is 0 Å².